The highest BCUT2D eigenvalue weighted by Crippen LogP contribution is 2.40. The van der Waals surface area contributed by atoms with Gasteiger partial charge in [-0.05, 0) is 61.4 Å². The van der Waals surface area contributed by atoms with Crippen molar-refractivity contribution in [2.24, 2.45) is 17.8 Å². The first-order valence-corrected chi connectivity index (χ1v) is 7.93. The number of halogens is 2. The third kappa shape index (κ3) is 3.57. The lowest BCUT2D eigenvalue weighted by Gasteiger charge is -2.37. The van der Waals surface area contributed by atoms with Crippen LogP contribution >= 0.6 is 15.9 Å². The molecule has 3 heteroatoms. The summed E-state index contributed by atoms with van der Waals surface area (Å²) < 4.78 is 14.4. The van der Waals surface area contributed by atoms with Crippen LogP contribution in [-0.2, 0) is 0 Å². The molecule has 1 aromatic rings. The van der Waals surface area contributed by atoms with Crippen LogP contribution in [0.3, 0.4) is 0 Å². The van der Waals surface area contributed by atoms with Crippen molar-refractivity contribution in [3.05, 3.63) is 34.1 Å². The molecule has 0 bridgehead atoms. The van der Waals surface area contributed by atoms with Crippen molar-refractivity contribution in [3.8, 4) is 0 Å². The first-order valence-electron chi connectivity index (χ1n) is 7.14. The number of nitrogens with one attached hydrogen (secondary N) is 1. The third-order valence-electron chi connectivity index (χ3n) is 4.67. The number of benzene rings is 1. The summed E-state index contributed by atoms with van der Waals surface area (Å²) in [5.74, 6) is 2.01. The van der Waals surface area contributed by atoms with Gasteiger partial charge < -0.3 is 5.32 Å². The molecule has 0 spiro atoms. The van der Waals surface area contributed by atoms with E-state index in [0.717, 1.165) is 21.9 Å². The van der Waals surface area contributed by atoms with Crippen LogP contribution in [0.1, 0.15) is 44.7 Å². The fourth-order valence-corrected chi connectivity index (χ4v) is 3.80. The molecule has 1 saturated carbocycles. The van der Waals surface area contributed by atoms with Crippen LogP contribution in [0.2, 0.25) is 0 Å². The summed E-state index contributed by atoms with van der Waals surface area (Å²) in [6.45, 7) is 4.68. The van der Waals surface area contributed by atoms with E-state index in [2.05, 4.69) is 35.1 Å². The fourth-order valence-electron chi connectivity index (χ4n) is 3.32. The highest BCUT2D eigenvalue weighted by molar-refractivity contribution is 9.10. The molecule has 19 heavy (non-hydrogen) atoms. The van der Waals surface area contributed by atoms with Gasteiger partial charge in [0.2, 0.25) is 0 Å². The molecule has 4 unspecified atom stereocenters. The molecule has 1 aromatic carbocycles. The van der Waals surface area contributed by atoms with Crippen molar-refractivity contribution in [1.82, 2.24) is 5.32 Å². The molecule has 0 saturated heterocycles. The van der Waals surface area contributed by atoms with Gasteiger partial charge in [0.25, 0.3) is 0 Å². The zero-order valence-electron chi connectivity index (χ0n) is 11.9. The molecule has 106 valence electrons. The highest BCUT2D eigenvalue weighted by Gasteiger charge is 2.30. The number of hydrogen-bond acceptors (Lipinski definition) is 1. The molecular formula is C16H23BrFN. The summed E-state index contributed by atoms with van der Waals surface area (Å²) >= 11 is 3.39. The van der Waals surface area contributed by atoms with E-state index in [1.165, 1.54) is 25.3 Å². The maximum atomic E-state index is 13.6. The SMILES string of the molecule is CNC(c1cc(F)cc(Br)c1)C1CCC(C)C(C)C1. The lowest BCUT2D eigenvalue weighted by Crippen LogP contribution is -2.31. The minimum absolute atomic E-state index is 0.165. The van der Waals surface area contributed by atoms with Crippen molar-refractivity contribution >= 4 is 15.9 Å². The van der Waals surface area contributed by atoms with Crippen molar-refractivity contribution in [3.63, 3.8) is 0 Å². The van der Waals surface area contributed by atoms with Gasteiger partial charge in [-0.3, -0.25) is 0 Å². The van der Waals surface area contributed by atoms with E-state index in [1.807, 2.05) is 13.1 Å². The predicted molar refractivity (Wildman–Crippen MR) is 81.6 cm³/mol. The Bertz CT molecular complexity index is 415. The number of rotatable bonds is 3. The van der Waals surface area contributed by atoms with Gasteiger partial charge >= 0.3 is 0 Å². The normalized spacial score (nSPS) is 29.2. The summed E-state index contributed by atoms with van der Waals surface area (Å²) in [5.41, 5.74) is 1.06. The average molecular weight is 328 g/mol. The number of hydrogen-bond donors (Lipinski definition) is 1. The van der Waals surface area contributed by atoms with Crippen molar-refractivity contribution < 1.29 is 4.39 Å². The van der Waals surface area contributed by atoms with Crippen LogP contribution in [0.25, 0.3) is 0 Å². The second kappa shape index (κ2) is 6.36. The first-order chi connectivity index (χ1) is 9.01. The zero-order valence-corrected chi connectivity index (χ0v) is 13.5. The molecule has 4 atom stereocenters. The minimum atomic E-state index is -0.165. The van der Waals surface area contributed by atoms with E-state index in [-0.39, 0.29) is 11.9 Å². The van der Waals surface area contributed by atoms with Gasteiger partial charge in [-0.2, -0.15) is 0 Å². The highest BCUT2D eigenvalue weighted by atomic mass is 79.9. The van der Waals surface area contributed by atoms with Crippen LogP contribution in [0.5, 0.6) is 0 Å². The fraction of sp³-hybridized carbons (Fsp3) is 0.625. The molecule has 0 amide bonds. The van der Waals surface area contributed by atoms with Crippen LogP contribution < -0.4 is 5.32 Å². The molecule has 0 aliphatic heterocycles. The average Bonchev–Trinajstić information content (AvgIpc) is 2.33. The van der Waals surface area contributed by atoms with Gasteiger partial charge in [0.15, 0.2) is 0 Å². The van der Waals surface area contributed by atoms with Crippen molar-refractivity contribution in [1.29, 1.82) is 0 Å². The van der Waals surface area contributed by atoms with Crippen molar-refractivity contribution in [2.45, 2.75) is 39.2 Å². The van der Waals surface area contributed by atoms with E-state index in [9.17, 15) is 4.39 Å². The summed E-state index contributed by atoms with van der Waals surface area (Å²) in [7, 11) is 1.98. The maximum Gasteiger partial charge on any atom is 0.124 e. The van der Waals surface area contributed by atoms with E-state index >= 15 is 0 Å². The molecule has 1 fully saturated rings. The maximum absolute atomic E-state index is 13.6. The van der Waals surface area contributed by atoms with E-state index in [1.54, 1.807) is 6.07 Å². The second-order valence-electron chi connectivity index (χ2n) is 6.00. The monoisotopic (exact) mass is 327 g/mol. The molecule has 1 aliphatic rings. The van der Waals surface area contributed by atoms with E-state index in [0.29, 0.717) is 5.92 Å². The summed E-state index contributed by atoms with van der Waals surface area (Å²) in [5, 5.41) is 3.39. The molecule has 1 aliphatic carbocycles. The van der Waals surface area contributed by atoms with E-state index < -0.39 is 0 Å². The Hall–Kier alpha value is -0.410. The van der Waals surface area contributed by atoms with Crippen LogP contribution in [-0.4, -0.2) is 7.05 Å². The Morgan fingerprint density at radius 2 is 1.95 bits per heavy atom. The lowest BCUT2D eigenvalue weighted by molar-refractivity contribution is 0.174. The predicted octanol–water partition coefficient (Wildman–Crippen LogP) is 4.92. The standard InChI is InChI=1S/C16H23BrFN/c1-10-4-5-12(6-11(10)2)16(19-3)13-7-14(17)9-15(18)8-13/h7-12,16,19H,4-6H2,1-3H3. The molecule has 0 aromatic heterocycles. The Labute approximate surface area is 124 Å². The van der Waals surface area contributed by atoms with Gasteiger partial charge in [-0.25, -0.2) is 4.39 Å². The van der Waals surface area contributed by atoms with E-state index in [4.69, 9.17) is 0 Å². The minimum Gasteiger partial charge on any atom is -0.313 e. The van der Waals surface area contributed by atoms with Gasteiger partial charge in [0, 0.05) is 10.5 Å². The van der Waals surface area contributed by atoms with Crippen molar-refractivity contribution in [2.75, 3.05) is 7.05 Å². The Morgan fingerprint density at radius 1 is 1.21 bits per heavy atom. The Morgan fingerprint density at radius 3 is 2.53 bits per heavy atom. The molecule has 2 rings (SSSR count). The summed E-state index contributed by atoms with van der Waals surface area (Å²) in [6, 6.07) is 5.46. The lowest BCUT2D eigenvalue weighted by atomic mass is 9.72. The Balaban J connectivity index is 2.19. The molecule has 1 nitrogen and oxygen atoms in total. The van der Waals surface area contributed by atoms with Crippen LogP contribution in [0.4, 0.5) is 4.39 Å². The summed E-state index contributed by atoms with van der Waals surface area (Å²) in [4.78, 5) is 0. The third-order valence-corrected chi connectivity index (χ3v) is 5.12. The van der Waals surface area contributed by atoms with Crippen LogP contribution in [0, 0.1) is 23.6 Å². The van der Waals surface area contributed by atoms with Gasteiger partial charge in [-0.15, -0.1) is 0 Å². The molecule has 0 radical (unpaired) electrons. The second-order valence-corrected chi connectivity index (χ2v) is 6.91. The first kappa shape index (κ1) is 15.0. The zero-order chi connectivity index (χ0) is 14.0. The quantitative estimate of drug-likeness (QED) is 0.830. The van der Waals surface area contributed by atoms with Gasteiger partial charge in [0.05, 0.1) is 0 Å². The Kier molecular flexibility index (Phi) is 5.02. The summed E-state index contributed by atoms with van der Waals surface area (Å²) in [6.07, 6.45) is 3.73. The largest absolute Gasteiger partial charge is 0.313 e. The smallest absolute Gasteiger partial charge is 0.124 e. The van der Waals surface area contributed by atoms with Crippen LogP contribution in [0.15, 0.2) is 22.7 Å². The molecule has 1 N–H and O–H groups in total. The van der Waals surface area contributed by atoms with Gasteiger partial charge in [-0.1, -0.05) is 36.2 Å². The topological polar surface area (TPSA) is 12.0 Å². The molecular weight excluding hydrogens is 305 g/mol. The molecule has 0 heterocycles. The van der Waals surface area contributed by atoms with Gasteiger partial charge in [0.1, 0.15) is 5.82 Å².